The Morgan fingerprint density at radius 1 is 1.38 bits per heavy atom. The Hall–Kier alpha value is -0.570. The van der Waals surface area contributed by atoms with Gasteiger partial charge in [-0.05, 0) is 31.7 Å². The number of carbonyl (C=O) groups excluding carboxylic acids is 1. The third-order valence-electron chi connectivity index (χ3n) is 2.32. The topological polar surface area (TPSA) is 52.3 Å². The van der Waals surface area contributed by atoms with Crippen LogP contribution in [0.15, 0.2) is 0 Å². The Labute approximate surface area is 79.6 Å². The first-order valence-corrected chi connectivity index (χ1v) is 5.18. The summed E-state index contributed by atoms with van der Waals surface area (Å²) >= 11 is 0. The van der Waals surface area contributed by atoms with E-state index in [4.69, 9.17) is 10.5 Å². The van der Waals surface area contributed by atoms with Crippen molar-refractivity contribution in [3.8, 4) is 0 Å². The molecule has 76 valence electrons. The zero-order valence-corrected chi connectivity index (χ0v) is 8.13. The van der Waals surface area contributed by atoms with Crippen LogP contribution in [0.1, 0.15) is 38.5 Å². The summed E-state index contributed by atoms with van der Waals surface area (Å²) in [4.78, 5) is 11.1. The average Bonchev–Trinajstić information content (AvgIpc) is 2.89. The fourth-order valence-corrected chi connectivity index (χ4v) is 1.23. The molecule has 0 heterocycles. The van der Waals surface area contributed by atoms with Gasteiger partial charge < -0.3 is 10.5 Å². The highest BCUT2D eigenvalue weighted by Crippen LogP contribution is 2.32. The number of ether oxygens (including phenoxy) is 1. The van der Waals surface area contributed by atoms with Crippen molar-refractivity contribution in [1.82, 2.24) is 0 Å². The predicted molar refractivity (Wildman–Crippen MR) is 51.2 cm³/mol. The molecule has 0 radical (unpaired) electrons. The van der Waals surface area contributed by atoms with Gasteiger partial charge in [-0.15, -0.1) is 0 Å². The van der Waals surface area contributed by atoms with Crippen molar-refractivity contribution < 1.29 is 9.53 Å². The van der Waals surface area contributed by atoms with Crippen LogP contribution in [0.4, 0.5) is 0 Å². The van der Waals surface area contributed by atoms with Gasteiger partial charge in [0.25, 0.3) is 0 Å². The summed E-state index contributed by atoms with van der Waals surface area (Å²) in [6.07, 6.45) is 6.01. The minimum Gasteiger partial charge on any atom is -0.466 e. The maximum atomic E-state index is 11.1. The van der Waals surface area contributed by atoms with Crippen molar-refractivity contribution in [3.05, 3.63) is 0 Å². The summed E-state index contributed by atoms with van der Waals surface area (Å²) in [5.74, 6) is 0.783. The average molecular weight is 185 g/mol. The van der Waals surface area contributed by atoms with Crippen molar-refractivity contribution >= 4 is 5.97 Å². The third kappa shape index (κ3) is 5.64. The number of rotatable bonds is 7. The summed E-state index contributed by atoms with van der Waals surface area (Å²) in [6.45, 7) is 1.28. The number of hydrogen-bond acceptors (Lipinski definition) is 3. The molecule has 0 unspecified atom stereocenters. The standard InChI is InChI=1S/C10H19NO2/c11-7-2-1-3-10(12)13-8-6-9-4-5-9/h9H,1-8,11H2. The minimum absolute atomic E-state index is 0.0610. The van der Waals surface area contributed by atoms with Crippen LogP contribution < -0.4 is 5.73 Å². The van der Waals surface area contributed by atoms with Crippen LogP contribution in [0.3, 0.4) is 0 Å². The van der Waals surface area contributed by atoms with Gasteiger partial charge in [0.1, 0.15) is 0 Å². The molecule has 1 fully saturated rings. The first kappa shape index (κ1) is 10.5. The van der Waals surface area contributed by atoms with Gasteiger partial charge in [0, 0.05) is 6.42 Å². The molecule has 0 saturated heterocycles. The molecule has 1 rings (SSSR count). The van der Waals surface area contributed by atoms with E-state index in [0.29, 0.717) is 19.6 Å². The third-order valence-corrected chi connectivity index (χ3v) is 2.32. The second-order valence-corrected chi connectivity index (χ2v) is 3.70. The molecule has 0 aromatic rings. The number of nitrogens with two attached hydrogens (primary N) is 1. The summed E-state index contributed by atoms with van der Waals surface area (Å²) in [5.41, 5.74) is 5.31. The van der Waals surface area contributed by atoms with Crippen LogP contribution >= 0.6 is 0 Å². The lowest BCUT2D eigenvalue weighted by Crippen LogP contribution is -2.07. The van der Waals surface area contributed by atoms with E-state index < -0.39 is 0 Å². The summed E-state index contributed by atoms with van der Waals surface area (Å²) in [7, 11) is 0. The van der Waals surface area contributed by atoms with Gasteiger partial charge in [-0.1, -0.05) is 12.8 Å². The molecule has 0 aliphatic heterocycles. The van der Waals surface area contributed by atoms with Crippen LogP contribution in [0.25, 0.3) is 0 Å². The predicted octanol–water partition coefficient (Wildman–Crippen LogP) is 1.46. The van der Waals surface area contributed by atoms with E-state index in [-0.39, 0.29) is 5.97 Å². The highest BCUT2D eigenvalue weighted by atomic mass is 16.5. The molecule has 0 amide bonds. The summed E-state index contributed by atoms with van der Waals surface area (Å²) in [5, 5.41) is 0. The molecule has 1 aliphatic rings. The quantitative estimate of drug-likeness (QED) is 0.482. The highest BCUT2D eigenvalue weighted by Gasteiger charge is 2.20. The zero-order valence-electron chi connectivity index (χ0n) is 8.13. The molecular weight excluding hydrogens is 166 g/mol. The number of unbranched alkanes of at least 4 members (excludes halogenated alkanes) is 1. The molecule has 0 aromatic carbocycles. The number of carbonyl (C=O) groups is 1. The fourth-order valence-electron chi connectivity index (χ4n) is 1.23. The molecule has 3 heteroatoms. The van der Waals surface area contributed by atoms with E-state index >= 15 is 0 Å². The van der Waals surface area contributed by atoms with Crippen molar-refractivity contribution in [2.75, 3.05) is 13.2 Å². The molecule has 1 aliphatic carbocycles. The monoisotopic (exact) mass is 185 g/mol. The Bertz CT molecular complexity index is 155. The largest absolute Gasteiger partial charge is 0.466 e. The lowest BCUT2D eigenvalue weighted by atomic mass is 10.2. The van der Waals surface area contributed by atoms with Gasteiger partial charge in [0.05, 0.1) is 6.61 Å². The smallest absolute Gasteiger partial charge is 0.305 e. The van der Waals surface area contributed by atoms with Gasteiger partial charge in [-0.2, -0.15) is 0 Å². The maximum Gasteiger partial charge on any atom is 0.305 e. The number of hydrogen-bond donors (Lipinski definition) is 1. The van der Waals surface area contributed by atoms with Crippen LogP contribution in [0.5, 0.6) is 0 Å². The van der Waals surface area contributed by atoms with E-state index in [0.717, 1.165) is 25.2 Å². The van der Waals surface area contributed by atoms with E-state index in [1.165, 1.54) is 12.8 Å². The van der Waals surface area contributed by atoms with Crippen molar-refractivity contribution in [2.24, 2.45) is 11.7 Å². The SMILES string of the molecule is NCCCCC(=O)OCCC1CC1. The molecule has 0 aromatic heterocycles. The van der Waals surface area contributed by atoms with Gasteiger partial charge >= 0.3 is 5.97 Å². The first-order valence-electron chi connectivity index (χ1n) is 5.18. The van der Waals surface area contributed by atoms with E-state index in [1.54, 1.807) is 0 Å². The minimum atomic E-state index is -0.0610. The molecular formula is C10H19NO2. The molecule has 13 heavy (non-hydrogen) atoms. The molecule has 0 spiro atoms. The Kier molecular flexibility index (Phi) is 4.83. The normalized spacial score (nSPS) is 15.8. The zero-order chi connectivity index (χ0) is 9.52. The van der Waals surface area contributed by atoms with E-state index in [2.05, 4.69) is 0 Å². The van der Waals surface area contributed by atoms with Crippen LogP contribution in [0.2, 0.25) is 0 Å². The van der Waals surface area contributed by atoms with Crippen molar-refractivity contribution in [2.45, 2.75) is 38.5 Å². The molecule has 0 bridgehead atoms. The second-order valence-electron chi connectivity index (χ2n) is 3.70. The maximum absolute atomic E-state index is 11.1. The van der Waals surface area contributed by atoms with Crippen LogP contribution in [-0.2, 0) is 9.53 Å². The molecule has 1 saturated carbocycles. The number of esters is 1. The van der Waals surface area contributed by atoms with Gasteiger partial charge in [0.15, 0.2) is 0 Å². The van der Waals surface area contributed by atoms with E-state index in [1.807, 2.05) is 0 Å². The lowest BCUT2D eigenvalue weighted by molar-refractivity contribution is -0.143. The van der Waals surface area contributed by atoms with Gasteiger partial charge in [-0.3, -0.25) is 4.79 Å². The summed E-state index contributed by atoms with van der Waals surface area (Å²) < 4.78 is 5.06. The second kappa shape index (κ2) is 5.97. The lowest BCUT2D eigenvalue weighted by Gasteiger charge is -2.03. The Balaban J connectivity index is 1.84. The van der Waals surface area contributed by atoms with Crippen LogP contribution in [0, 0.1) is 5.92 Å². The Morgan fingerprint density at radius 2 is 2.15 bits per heavy atom. The first-order chi connectivity index (χ1) is 6.33. The summed E-state index contributed by atoms with van der Waals surface area (Å²) in [6, 6.07) is 0. The van der Waals surface area contributed by atoms with E-state index in [9.17, 15) is 4.79 Å². The highest BCUT2D eigenvalue weighted by molar-refractivity contribution is 5.69. The van der Waals surface area contributed by atoms with Gasteiger partial charge in [-0.25, -0.2) is 0 Å². The van der Waals surface area contributed by atoms with Crippen molar-refractivity contribution in [3.63, 3.8) is 0 Å². The van der Waals surface area contributed by atoms with Crippen molar-refractivity contribution in [1.29, 1.82) is 0 Å². The fraction of sp³-hybridized carbons (Fsp3) is 0.900. The Morgan fingerprint density at radius 3 is 2.77 bits per heavy atom. The van der Waals surface area contributed by atoms with Crippen LogP contribution in [-0.4, -0.2) is 19.1 Å². The molecule has 3 nitrogen and oxygen atoms in total. The molecule has 2 N–H and O–H groups in total. The van der Waals surface area contributed by atoms with Gasteiger partial charge in [0.2, 0.25) is 0 Å². The molecule has 0 atom stereocenters.